The van der Waals surface area contributed by atoms with E-state index in [9.17, 15) is 0 Å². The third-order valence-electron chi connectivity index (χ3n) is 5.57. The van der Waals surface area contributed by atoms with Crippen molar-refractivity contribution in [2.75, 3.05) is 6.54 Å². The van der Waals surface area contributed by atoms with E-state index in [4.69, 9.17) is 4.99 Å². The molecule has 28 heavy (non-hydrogen) atoms. The highest BCUT2D eigenvalue weighted by Crippen LogP contribution is 2.31. The van der Waals surface area contributed by atoms with Crippen molar-refractivity contribution in [1.82, 2.24) is 9.55 Å². The fourth-order valence-corrected chi connectivity index (χ4v) is 4.30. The van der Waals surface area contributed by atoms with Gasteiger partial charge in [0.1, 0.15) is 0 Å². The Labute approximate surface area is 165 Å². The summed E-state index contributed by atoms with van der Waals surface area (Å²) >= 11 is 0. The quantitative estimate of drug-likeness (QED) is 0.446. The minimum absolute atomic E-state index is 0.893. The Morgan fingerprint density at radius 1 is 1.00 bits per heavy atom. The first kappa shape index (κ1) is 16.9. The topological polar surface area (TPSA) is 30.2 Å². The van der Waals surface area contributed by atoms with Gasteiger partial charge in [0.15, 0.2) is 0 Å². The fraction of sp³-hybridized carbons (Fsp3) is 0.200. The molecule has 0 N–H and O–H groups in total. The van der Waals surface area contributed by atoms with Crippen molar-refractivity contribution in [1.29, 1.82) is 0 Å². The van der Waals surface area contributed by atoms with Gasteiger partial charge in [0.2, 0.25) is 0 Å². The number of para-hydroxylation sites is 1. The van der Waals surface area contributed by atoms with E-state index in [0.29, 0.717) is 0 Å². The molecule has 0 aliphatic carbocycles. The largest absolute Gasteiger partial charge is 0.341 e. The van der Waals surface area contributed by atoms with Crippen LogP contribution >= 0.6 is 0 Å². The van der Waals surface area contributed by atoms with Crippen LogP contribution in [0.2, 0.25) is 0 Å². The molecule has 0 radical (unpaired) electrons. The van der Waals surface area contributed by atoms with E-state index in [-0.39, 0.29) is 0 Å². The molecule has 3 nitrogen and oxygen atoms in total. The van der Waals surface area contributed by atoms with Crippen LogP contribution in [0.4, 0.5) is 0 Å². The lowest BCUT2D eigenvalue weighted by Gasteiger charge is -2.16. The Hall–Kier alpha value is -3.20. The fourth-order valence-electron chi connectivity index (χ4n) is 4.30. The van der Waals surface area contributed by atoms with Gasteiger partial charge < -0.3 is 4.57 Å². The number of aliphatic imine (C=N–C) groups is 1. The molecule has 5 rings (SSSR count). The average molecular weight is 365 g/mol. The van der Waals surface area contributed by atoms with Gasteiger partial charge >= 0.3 is 0 Å². The van der Waals surface area contributed by atoms with Gasteiger partial charge in [0.25, 0.3) is 0 Å². The summed E-state index contributed by atoms with van der Waals surface area (Å²) in [6, 6.07) is 19.6. The molecule has 0 fully saturated rings. The summed E-state index contributed by atoms with van der Waals surface area (Å²) in [5.41, 5.74) is 7.35. The molecule has 3 heterocycles. The molecule has 0 spiro atoms. The zero-order valence-electron chi connectivity index (χ0n) is 16.1. The normalized spacial score (nSPS) is 16.0. The molecule has 4 aromatic rings. The molecule has 3 heteroatoms. The van der Waals surface area contributed by atoms with E-state index < -0.39 is 0 Å². The molecule has 138 valence electrons. The van der Waals surface area contributed by atoms with Gasteiger partial charge in [-0.25, -0.2) is 0 Å². The molecule has 2 aromatic carbocycles. The van der Waals surface area contributed by atoms with Crippen molar-refractivity contribution in [2.24, 2.45) is 4.99 Å². The lowest BCUT2D eigenvalue weighted by Crippen LogP contribution is -2.11. The van der Waals surface area contributed by atoms with Crippen molar-refractivity contribution < 1.29 is 0 Å². The minimum atomic E-state index is 0.893. The van der Waals surface area contributed by atoms with Crippen molar-refractivity contribution in [3.8, 4) is 0 Å². The average Bonchev–Trinajstić information content (AvgIpc) is 3.08. The number of rotatable bonds is 3. The number of hydrogen-bond donors (Lipinski definition) is 0. The maximum absolute atomic E-state index is 4.81. The van der Waals surface area contributed by atoms with E-state index >= 15 is 0 Å². The van der Waals surface area contributed by atoms with Gasteiger partial charge in [0.05, 0.1) is 5.71 Å². The monoisotopic (exact) mass is 365 g/mol. The summed E-state index contributed by atoms with van der Waals surface area (Å²) in [6.45, 7) is 4.08. The van der Waals surface area contributed by atoms with Crippen LogP contribution in [-0.4, -0.2) is 21.8 Å². The number of aromatic nitrogens is 2. The summed E-state index contributed by atoms with van der Waals surface area (Å²) in [4.78, 5) is 9.09. The third-order valence-corrected chi connectivity index (χ3v) is 5.57. The first-order chi connectivity index (χ1) is 13.8. The Morgan fingerprint density at radius 2 is 1.89 bits per heavy atom. The van der Waals surface area contributed by atoms with Gasteiger partial charge in [-0.05, 0) is 67.3 Å². The SMILES string of the molecule is CCn1c2ccccc2c2cc(C=C3CCCN=C3c3cccnc3)ccc21. The summed E-state index contributed by atoms with van der Waals surface area (Å²) in [6.07, 6.45) is 8.20. The number of fused-ring (bicyclic) bond motifs is 3. The highest BCUT2D eigenvalue weighted by molar-refractivity contribution is 6.15. The van der Waals surface area contributed by atoms with Crippen molar-refractivity contribution in [3.63, 3.8) is 0 Å². The van der Waals surface area contributed by atoms with E-state index in [0.717, 1.165) is 37.2 Å². The Balaban J connectivity index is 1.64. The van der Waals surface area contributed by atoms with Gasteiger partial charge in [0, 0.05) is 52.9 Å². The smallest absolute Gasteiger partial charge is 0.0694 e. The van der Waals surface area contributed by atoms with Crippen LogP contribution in [0.3, 0.4) is 0 Å². The number of pyridine rings is 1. The molecule has 0 saturated heterocycles. The molecule has 2 aromatic heterocycles. The highest BCUT2D eigenvalue weighted by Gasteiger charge is 2.15. The van der Waals surface area contributed by atoms with Crippen LogP contribution in [0, 0.1) is 0 Å². The van der Waals surface area contributed by atoms with Crippen LogP contribution < -0.4 is 0 Å². The molecule has 0 atom stereocenters. The van der Waals surface area contributed by atoms with E-state index in [1.54, 1.807) is 0 Å². The summed E-state index contributed by atoms with van der Waals surface area (Å²) < 4.78 is 2.39. The van der Waals surface area contributed by atoms with Gasteiger partial charge in [-0.15, -0.1) is 0 Å². The lowest BCUT2D eigenvalue weighted by molar-refractivity contribution is 0.818. The Bertz CT molecular complexity index is 1210. The second kappa shape index (κ2) is 7.08. The lowest BCUT2D eigenvalue weighted by atomic mass is 9.94. The summed E-state index contributed by atoms with van der Waals surface area (Å²) in [7, 11) is 0. The molecular weight excluding hydrogens is 342 g/mol. The molecule has 1 aliphatic heterocycles. The number of aryl methyl sites for hydroxylation is 1. The summed E-state index contributed by atoms with van der Waals surface area (Å²) in [5, 5.41) is 2.65. The zero-order valence-corrected chi connectivity index (χ0v) is 16.1. The number of allylic oxidation sites excluding steroid dienone is 1. The van der Waals surface area contributed by atoms with Crippen molar-refractivity contribution >= 4 is 33.6 Å². The summed E-state index contributed by atoms with van der Waals surface area (Å²) in [5.74, 6) is 0. The second-order valence-corrected chi connectivity index (χ2v) is 7.28. The maximum Gasteiger partial charge on any atom is 0.0694 e. The van der Waals surface area contributed by atoms with Crippen LogP contribution in [0.25, 0.3) is 27.9 Å². The molecule has 0 saturated carbocycles. The van der Waals surface area contributed by atoms with E-state index in [2.05, 4.69) is 71.1 Å². The van der Waals surface area contributed by atoms with Gasteiger partial charge in [-0.2, -0.15) is 0 Å². The molecule has 0 amide bonds. The first-order valence-corrected chi connectivity index (χ1v) is 10.0. The second-order valence-electron chi connectivity index (χ2n) is 7.28. The highest BCUT2D eigenvalue weighted by atomic mass is 15.0. The van der Waals surface area contributed by atoms with Gasteiger partial charge in [-0.1, -0.05) is 24.3 Å². The zero-order chi connectivity index (χ0) is 18.9. The molecule has 0 unspecified atom stereocenters. The number of benzene rings is 2. The molecular formula is C25H23N3. The van der Waals surface area contributed by atoms with Crippen LogP contribution in [0.5, 0.6) is 0 Å². The third kappa shape index (κ3) is 2.84. The number of hydrogen-bond acceptors (Lipinski definition) is 2. The van der Waals surface area contributed by atoms with Crippen LogP contribution in [-0.2, 0) is 6.54 Å². The van der Waals surface area contributed by atoms with Gasteiger partial charge in [-0.3, -0.25) is 9.98 Å². The Kier molecular flexibility index (Phi) is 4.28. The van der Waals surface area contributed by atoms with Crippen LogP contribution in [0.15, 0.2) is 77.6 Å². The molecule has 0 bridgehead atoms. The molecule has 1 aliphatic rings. The van der Waals surface area contributed by atoms with Crippen molar-refractivity contribution in [3.05, 3.63) is 83.7 Å². The van der Waals surface area contributed by atoms with E-state index in [1.807, 2.05) is 18.5 Å². The standard InChI is InChI=1S/C25H23N3/c1-2-28-23-10-4-3-9-21(23)22-16-18(11-12-24(22)28)15-19-7-6-14-27-25(19)20-8-5-13-26-17-20/h3-5,8-13,15-17H,2,6-7,14H2,1H3. The Morgan fingerprint density at radius 3 is 2.75 bits per heavy atom. The first-order valence-electron chi connectivity index (χ1n) is 10.0. The predicted octanol–water partition coefficient (Wildman–Crippen LogP) is 5.88. The maximum atomic E-state index is 4.81. The minimum Gasteiger partial charge on any atom is -0.341 e. The van der Waals surface area contributed by atoms with Crippen molar-refractivity contribution in [2.45, 2.75) is 26.3 Å². The number of nitrogens with zero attached hydrogens (tertiary/aromatic N) is 3. The van der Waals surface area contributed by atoms with E-state index in [1.165, 1.54) is 32.9 Å². The predicted molar refractivity (Wildman–Crippen MR) is 118 cm³/mol. The van der Waals surface area contributed by atoms with Crippen LogP contribution in [0.1, 0.15) is 30.9 Å².